The van der Waals surface area contributed by atoms with Crippen LogP contribution in [0.2, 0.25) is 0 Å². The number of fused-ring (bicyclic) bond motifs is 11. The van der Waals surface area contributed by atoms with Gasteiger partial charge in [0.25, 0.3) is 0 Å². The van der Waals surface area contributed by atoms with Crippen molar-refractivity contribution in [2.45, 2.75) is 0 Å². The van der Waals surface area contributed by atoms with E-state index in [1.54, 1.807) is 0 Å². The van der Waals surface area contributed by atoms with Gasteiger partial charge in [0.2, 0.25) is 0 Å². The molecule has 66 heavy (non-hydrogen) atoms. The summed E-state index contributed by atoms with van der Waals surface area (Å²) in [6.07, 6.45) is 0. The number of hydrogen-bond acceptors (Lipinski definition) is 6. The fourth-order valence-electron chi connectivity index (χ4n) is 9.98. The summed E-state index contributed by atoms with van der Waals surface area (Å²) in [7, 11) is 0. The first kappa shape index (κ1) is 36.5. The minimum atomic E-state index is 0.580. The SMILES string of the molecule is c1ccc2c(c1)Oc1c(c(N(c3ccc4ccccc4c3)c3ccc4c(c3)oc3ccccc34)c3ccccc3c1N(c1ccc3ccccc3c1)c1ccc3c(c1)oc1ccccc13)O2. The second-order valence-corrected chi connectivity index (χ2v) is 16.8. The molecule has 1 aliphatic rings. The van der Waals surface area contributed by atoms with Crippen molar-refractivity contribution in [1.82, 2.24) is 0 Å². The highest BCUT2D eigenvalue weighted by Crippen LogP contribution is 2.62. The van der Waals surface area contributed by atoms with E-state index in [9.17, 15) is 0 Å². The minimum absolute atomic E-state index is 0.580. The second kappa shape index (κ2) is 14.3. The van der Waals surface area contributed by atoms with E-state index < -0.39 is 0 Å². The van der Waals surface area contributed by atoms with Crippen LogP contribution in [-0.2, 0) is 0 Å². The number of benzene rings is 11. The van der Waals surface area contributed by atoms with E-state index in [2.05, 4.69) is 180 Å². The van der Waals surface area contributed by atoms with Gasteiger partial charge in [-0.2, -0.15) is 0 Å². The first-order valence-corrected chi connectivity index (χ1v) is 22.1. The monoisotopic (exact) mass is 848 g/mol. The summed E-state index contributed by atoms with van der Waals surface area (Å²) in [5.41, 5.74) is 8.64. The topological polar surface area (TPSA) is 51.2 Å². The van der Waals surface area contributed by atoms with E-state index in [1.165, 1.54) is 0 Å². The van der Waals surface area contributed by atoms with Gasteiger partial charge >= 0.3 is 0 Å². The fourth-order valence-corrected chi connectivity index (χ4v) is 9.98. The third-order valence-electron chi connectivity index (χ3n) is 13.0. The van der Waals surface area contributed by atoms with Crippen molar-refractivity contribution in [3.05, 3.63) is 218 Å². The zero-order chi connectivity index (χ0) is 43.3. The summed E-state index contributed by atoms with van der Waals surface area (Å²) in [4.78, 5) is 4.59. The molecule has 13 aromatic rings. The number of nitrogens with zero attached hydrogens (tertiary/aromatic N) is 2. The number of furan rings is 2. The average Bonchev–Trinajstić information content (AvgIpc) is 3.94. The smallest absolute Gasteiger partial charge is 0.196 e. The van der Waals surface area contributed by atoms with Crippen LogP contribution in [0, 0.1) is 0 Å². The lowest BCUT2D eigenvalue weighted by Crippen LogP contribution is -2.17. The van der Waals surface area contributed by atoms with Crippen molar-refractivity contribution in [2.75, 3.05) is 9.80 Å². The van der Waals surface area contributed by atoms with Gasteiger partial charge in [0.15, 0.2) is 23.0 Å². The summed E-state index contributed by atoms with van der Waals surface area (Å²) < 4.78 is 27.7. The molecule has 0 aliphatic carbocycles. The lowest BCUT2D eigenvalue weighted by Gasteiger charge is -2.36. The average molecular weight is 849 g/mol. The number of rotatable bonds is 6. The molecule has 1 aliphatic heterocycles. The first-order valence-electron chi connectivity index (χ1n) is 22.1. The number of hydrogen-bond donors (Lipinski definition) is 0. The van der Waals surface area contributed by atoms with E-state index in [-0.39, 0.29) is 0 Å². The lowest BCUT2D eigenvalue weighted by atomic mass is 9.99. The molecule has 0 amide bonds. The highest BCUT2D eigenvalue weighted by Gasteiger charge is 2.35. The molecular formula is C60H36N2O4. The van der Waals surface area contributed by atoms with E-state index >= 15 is 0 Å². The van der Waals surface area contributed by atoms with Gasteiger partial charge < -0.3 is 28.1 Å². The zero-order valence-corrected chi connectivity index (χ0v) is 35.3. The number of ether oxygens (including phenoxy) is 2. The third-order valence-corrected chi connectivity index (χ3v) is 13.0. The molecular weight excluding hydrogens is 813 g/mol. The molecule has 0 atom stereocenters. The molecule has 2 aromatic heterocycles. The maximum absolute atomic E-state index is 7.27. The third kappa shape index (κ3) is 5.62. The molecule has 6 heteroatoms. The molecule has 0 saturated heterocycles. The van der Waals surface area contributed by atoms with E-state index in [0.717, 1.165) is 110 Å². The van der Waals surface area contributed by atoms with Crippen LogP contribution in [0.1, 0.15) is 0 Å². The first-order chi connectivity index (χ1) is 32.7. The largest absolute Gasteiger partial charge is 0.456 e. The van der Waals surface area contributed by atoms with Crippen LogP contribution >= 0.6 is 0 Å². The van der Waals surface area contributed by atoms with Crippen LogP contribution in [0.15, 0.2) is 227 Å². The predicted octanol–water partition coefficient (Wildman–Crippen LogP) is 17.8. The summed E-state index contributed by atoms with van der Waals surface area (Å²) in [5.74, 6) is 2.41. The van der Waals surface area contributed by atoms with E-state index in [4.69, 9.17) is 18.3 Å². The van der Waals surface area contributed by atoms with E-state index in [0.29, 0.717) is 23.0 Å². The second-order valence-electron chi connectivity index (χ2n) is 16.8. The molecule has 0 N–H and O–H groups in total. The molecule has 11 aromatic carbocycles. The molecule has 0 unspecified atom stereocenters. The molecule has 14 rings (SSSR count). The Morgan fingerprint density at radius 2 is 0.606 bits per heavy atom. The van der Waals surface area contributed by atoms with Crippen molar-refractivity contribution >= 4 is 110 Å². The van der Waals surface area contributed by atoms with Crippen molar-refractivity contribution < 1.29 is 18.3 Å². The lowest BCUT2D eigenvalue weighted by molar-refractivity contribution is 0.362. The van der Waals surface area contributed by atoms with Crippen LogP contribution < -0.4 is 19.3 Å². The zero-order valence-electron chi connectivity index (χ0n) is 35.3. The molecule has 0 fully saturated rings. The Labute approximate surface area is 378 Å². The summed E-state index contributed by atoms with van der Waals surface area (Å²) in [6, 6.07) is 76.0. The Hall–Kier alpha value is -9.00. The Morgan fingerprint density at radius 1 is 0.258 bits per heavy atom. The fraction of sp³-hybridized carbons (Fsp3) is 0. The molecule has 0 spiro atoms. The van der Waals surface area contributed by atoms with Gasteiger partial charge in [-0.25, -0.2) is 0 Å². The molecule has 3 heterocycles. The van der Waals surface area contributed by atoms with Gasteiger partial charge in [-0.1, -0.05) is 133 Å². The maximum atomic E-state index is 7.27. The summed E-state index contributed by atoms with van der Waals surface area (Å²) in [6.45, 7) is 0. The Kier molecular flexibility index (Phi) is 7.88. The van der Waals surface area contributed by atoms with Gasteiger partial charge in [0.05, 0.1) is 11.4 Å². The molecule has 0 saturated carbocycles. The number of para-hydroxylation sites is 4. The van der Waals surface area contributed by atoms with Gasteiger partial charge in [0, 0.05) is 55.8 Å². The highest BCUT2D eigenvalue weighted by atomic mass is 16.6. The van der Waals surface area contributed by atoms with Gasteiger partial charge in [-0.05, 0) is 94.3 Å². The Balaban J connectivity index is 1.09. The normalized spacial score (nSPS) is 12.2. The molecule has 0 bridgehead atoms. The molecule has 0 radical (unpaired) electrons. The molecule has 6 nitrogen and oxygen atoms in total. The van der Waals surface area contributed by atoms with Crippen LogP contribution in [0.3, 0.4) is 0 Å². The number of anilines is 6. The Bertz CT molecular complexity index is 3840. The predicted molar refractivity (Wildman–Crippen MR) is 269 cm³/mol. The van der Waals surface area contributed by atoms with Gasteiger partial charge in [0.1, 0.15) is 33.7 Å². The highest BCUT2D eigenvalue weighted by molar-refractivity contribution is 6.15. The quantitative estimate of drug-likeness (QED) is 0.155. The van der Waals surface area contributed by atoms with Crippen LogP contribution in [-0.4, -0.2) is 0 Å². The van der Waals surface area contributed by atoms with Gasteiger partial charge in [-0.15, -0.1) is 0 Å². The van der Waals surface area contributed by atoms with Crippen LogP contribution in [0.4, 0.5) is 34.1 Å². The van der Waals surface area contributed by atoms with Crippen molar-refractivity contribution in [3.8, 4) is 23.0 Å². The van der Waals surface area contributed by atoms with Crippen molar-refractivity contribution in [1.29, 1.82) is 0 Å². The maximum Gasteiger partial charge on any atom is 0.196 e. The van der Waals surface area contributed by atoms with Crippen molar-refractivity contribution in [2.24, 2.45) is 0 Å². The summed E-state index contributed by atoms with van der Waals surface area (Å²) >= 11 is 0. The van der Waals surface area contributed by atoms with Crippen molar-refractivity contribution in [3.63, 3.8) is 0 Å². The standard InChI is InChI=1S/C60H36N2O4/c1-3-15-39-33-41(27-25-37(39)13-1)61(43-29-31-47-45-17-7-9-21-51(45)63-55(47)35-43)57-49-19-5-6-20-50(49)58(60-59(57)65-53-23-11-12-24-54(53)66-60)62(42-28-26-38-14-2-4-16-40(38)34-42)44-30-32-48-46-18-8-10-22-52(46)64-56(48)36-44/h1-36H. The minimum Gasteiger partial charge on any atom is -0.456 e. The van der Waals surface area contributed by atoms with E-state index in [1.807, 2.05) is 48.5 Å². The Morgan fingerprint density at radius 3 is 1.08 bits per heavy atom. The summed E-state index contributed by atoms with van der Waals surface area (Å²) in [5, 5.41) is 10.7. The van der Waals surface area contributed by atoms with Crippen LogP contribution in [0.5, 0.6) is 23.0 Å². The van der Waals surface area contributed by atoms with Gasteiger partial charge in [-0.3, -0.25) is 0 Å². The van der Waals surface area contributed by atoms with Crippen LogP contribution in [0.25, 0.3) is 76.2 Å². The molecule has 310 valence electrons.